The summed E-state index contributed by atoms with van der Waals surface area (Å²) in [6.45, 7) is 8.94. The van der Waals surface area contributed by atoms with Crippen LogP contribution in [0, 0.1) is 39.5 Å². The van der Waals surface area contributed by atoms with E-state index in [-0.39, 0.29) is 75.7 Å². The molecule has 3 N–H and O–H groups in total. The fraction of sp³-hybridized carbons (Fsp3) is 0.553. The maximum Gasteiger partial charge on any atom is 0.391 e. The third-order valence-corrected chi connectivity index (χ3v) is 11.1. The van der Waals surface area contributed by atoms with Crippen molar-refractivity contribution in [1.29, 1.82) is 0 Å². The highest BCUT2D eigenvalue weighted by Crippen LogP contribution is 2.48. The van der Waals surface area contributed by atoms with Crippen LogP contribution in [-0.4, -0.2) is 52.9 Å². The fourth-order valence-electron chi connectivity index (χ4n) is 7.80. The Hall–Kier alpha value is -3.45. The van der Waals surface area contributed by atoms with Crippen molar-refractivity contribution in [2.24, 2.45) is 11.8 Å². The molecule has 2 aliphatic carbocycles. The van der Waals surface area contributed by atoms with Crippen molar-refractivity contribution >= 4 is 46.6 Å². The summed E-state index contributed by atoms with van der Waals surface area (Å²) >= 11 is 12.0. The second-order valence-electron chi connectivity index (χ2n) is 14.4. The number of ether oxygens (including phenoxy) is 1. The van der Waals surface area contributed by atoms with E-state index in [0.29, 0.717) is 15.6 Å². The zero-order valence-electron chi connectivity index (χ0n) is 30.1. The molecule has 0 saturated heterocycles. The number of carbonyl (C=O) groups excluding carboxylic acids is 3. The van der Waals surface area contributed by atoms with Crippen LogP contribution in [0.5, 0.6) is 0 Å². The largest absolute Gasteiger partial charge is 0.509 e. The van der Waals surface area contributed by atoms with E-state index in [2.05, 4.69) is 10.6 Å². The molecule has 1 aliphatic heterocycles. The lowest BCUT2D eigenvalue weighted by molar-refractivity contribution is -0.189. The number of esters is 1. The first-order chi connectivity index (χ1) is 24.5. The molecule has 2 aromatic carbocycles. The lowest BCUT2D eigenvalue weighted by atomic mass is 9.75. The van der Waals surface area contributed by atoms with E-state index in [1.807, 2.05) is 13.8 Å². The first kappa shape index (κ1) is 42.3. The predicted molar refractivity (Wildman–Crippen MR) is 190 cm³/mol. The summed E-state index contributed by atoms with van der Waals surface area (Å²) in [7, 11) is 0. The predicted octanol–water partition coefficient (Wildman–Crippen LogP) is 9.52. The van der Waals surface area contributed by atoms with Gasteiger partial charge in [-0.15, -0.1) is 0 Å². The van der Waals surface area contributed by atoms with Crippen LogP contribution >= 0.6 is 23.2 Å². The second-order valence-corrected chi connectivity index (χ2v) is 15.2. The van der Waals surface area contributed by atoms with Crippen molar-refractivity contribution in [3.05, 3.63) is 73.5 Å². The van der Waals surface area contributed by atoms with Crippen LogP contribution in [0.3, 0.4) is 0 Å². The molecule has 0 aromatic heterocycles. The number of halogens is 8. The lowest BCUT2D eigenvalue weighted by Gasteiger charge is -2.39. The van der Waals surface area contributed by atoms with E-state index in [1.54, 1.807) is 45.0 Å². The topological polar surface area (TPSA) is 105 Å². The number of hydrogen-bond donors (Lipinski definition) is 3. The van der Waals surface area contributed by atoms with Gasteiger partial charge in [-0.1, -0.05) is 23.2 Å². The Morgan fingerprint density at radius 3 is 1.70 bits per heavy atom. The Bertz CT molecular complexity index is 1710. The van der Waals surface area contributed by atoms with Gasteiger partial charge in [0.2, 0.25) is 5.91 Å². The van der Waals surface area contributed by atoms with Gasteiger partial charge >= 0.3 is 18.3 Å². The van der Waals surface area contributed by atoms with Crippen LogP contribution in [0.1, 0.15) is 91.7 Å². The standard InChI is InChI=1S/C20H25ClF3NO3.C18H19ClF3NO2/c1-4-28-18(27)19(7-5-14(6-8-19)20(22,23)24)25-17(26)11-16-12(2)9-15(21)10-13(16)3;1-9-7-12(19)8-10(2)13(9)14-15(24)17(23-16(14)25)5-3-11(4-6-17)18(20,21)22/h9-10,14H,4-8,11H2,1-3H3,(H,25,26);7-8,11,24H,3-6H2,1-2H3,(H,23,25). The molecule has 0 radical (unpaired) electrons. The molecule has 1 heterocycles. The molecular formula is C38H44Cl2F6N2O5. The van der Waals surface area contributed by atoms with Gasteiger partial charge in [0.05, 0.1) is 36.0 Å². The minimum absolute atomic E-state index is 0.0126. The van der Waals surface area contributed by atoms with Crippen LogP contribution in [-0.2, 0) is 25.5 Å². The Morgan fingerprint density at radius 2 is 1.26 bits per heavy atom. The zero-order chi connectivity index (χ0) is 39.7. The maximum absolute atomic E-state index is 13.0. The average Bonchev–Trinajstić information content (AvgIpc) is 3.26. The minimum atomic E-state index is -4.30. The van der Waals surface area contributed by atoms with Crippen LogP contribution < -0.4 is 10.6 Å². The van der Waals surface area contributed by atoms with Crippen molar-refractivity contribution in [3.8, 4) is 0 Å². The highest BCUT2D eigenvalue weighted by atomic mass is 35.5. The first-order valence-electron chi connectivity index (χ1n) is 17.4. The maximum atomic E-state index is 13.0. The van der Waals surface area contributed by atoms with Crippen molar-refractivity contribution in [1.82, 2.24) is 10.6 Å². The molecule has 292 valence electrons. The van der Waals surface area contributed by atoms with Crippen molar-refractivity contribution in [2.45, 2.75) is 116 Å². The number of nitrogens with one attached hydrogen (secondary N) is 2. The molecular weight excluding hydrogens is 749 g/mol. The Balaban J connectivity index is 0.000000238. The van der Waals surface area contributed by atoms with Gasteiger partial charge in [-0.3, -0.25) is 9.59 Å². The number of alkyl halides is 6. The fourth-order valence-corrected chi connectivity index (χ4v) is 8.46. The van der Waals surface area contributed by atoms with E-state index in [4.69, 9.17) is 27.9 Å². The number of carbonyl (C=O) groups is 3. The summed E-state index contributed by atoms with van der Waals surface area (Å²) in [4.78, 5) is 37.7. The third kappa shape index (κ3) is 9.44. The third-order valence-electron chi connectivity index (χ3n) is 10.7. The molecule has 53 heavy (non-hydrogen) atoms. The molecule has 0 unspecified atom stereocenters. The van der Waals surface area contributed by atoms with Gasteiger partial charge in [-0.25, -0.2) is 4.79 Å². The van der Waals surface area contributed by atoms with Crippen LogP contribution in [0.2, 0.25) is 10.0 Å². The first-order valence-corrected chi connectivity index (χ1v) is 18.2. The lowest BCUT2D eigenvalue weighted by Crippen LogP contribution is -2.58. The van der Waals surface area contributed by atoms with Crippen LogP contribution in [0.4, 0.5) is 26.3 Å². The van der Waals surface area contributed by atoms with Gasteiger partial charge in [-0.2, -0.15) is 26.3 Å². The van der Waals surface area contributed by atoms with Crippen LogP contribution in [0.25, 0.3) is 5.57 Å². The molecule has 7 nitrogen and oxygen atoms in total. The molecule has 2 amide bonds. The molecule has 0 atom stereocenters. The van der Waals surface area contributed by atoms with E-state index in [1.165, 1.54) is 0 Å². The molecule has 2 aromatic rings. The molecule has 0 bridgehead atoms. The summed E-state index contributed by atoms with van der Waals surface area (Å²) in [5.41, 5.74) is 2.18. The summed E-state index contributed by atoms with van der Waals surface area (Å²) < 4.78 is 82.8. The highest BCUT2D eigenvalue weighted by molar-refractivity contribution is 6.31. The summed E-state index contributed by atoms with van der Waals surface area (Å²) in [6.07, 6.45) is -9.24. The molecule has 1 spiro atoms. The molecule has 2 fully saturated rings. The second kappa shape index (κ2) is 16.1. The molecule has 5 rings (SSSR count). The number of aliphatic hydroxyl groups excluding tert-OH is 1. The Morgan fingerprint density at radius 1 is 0.830 bits per heavy atom. The van der Waals surface area contributed by atoms with Gasteiger partial charge in [0.1, 0.15) is 11.3 Å². The SMILES string of the molecule is CCOC(=O)C1(NC(=O)Cc2c(C)cc(Cl)cc2C)CCC(C(F)(F)F)CC1.Cc1cc(Cl)cc(C)c1C1=C(O)C2(CCC(C(F)(F)F)CC2)NC1=O. The molecule has 2 saturated carbocycles. The monoisotopic (exact) mass is 792 g/mol. The minimum Gasteiger partial charge on any atom is -0.509 e. The van der Waals surface area contributed by atoms with E-state index in [0.717, 1.165) is 27.8 Å². The number of aryl methyl sites for hydroxylation is 4. The number of hydrogen-bond acceptors (Lipinski definition) is 5. The zero-order valence-corrected chi connectivity index (χ0v) is 31.7. The van der Waals surface area contributed by atoms with Crippen molar-refractivity contribution < 1.29 is 50.6 Å². The summed E-state index contributed by atoms with van der Waals surface area (Å²) in [6, 6.07) is 6.88. The van der Waals surface area contributed by atoms with Gasteiger partial charge < -0.3 is 20.5 Å². The number of aliphatic hydroxyl groups is 1. The summed E-state index contributed by atoms with van der Waals surface area (Å²) in [5.74, 6) is -4.54. The molecule has 15 heteroatoms. The Labute approximate surface area is 314 Å². The quantitative estimate of drug-likeness (QED) is 0.200. The van der Waals surface area contributed by atoms with E-state index >= 15 is 0 Å². The van der Waals surface area contributed by atoms with Gasteiger partial charge in [0.25, 0.3) is 5.91 Å². The van der Waals surface area contributed by atoms with Gasteiger partial charge in [-0.05, 0) is 144 Å². The molecule has 3 aliphatic rings. The average molecular weight is 794 g/mol. The van der Waals surface area contributed by atoms with Crippen LogP contribution in [0.15, 0.2) is 30.0 Å². The smallest absolute Gasteiger partial charge is 0.391 e. The van der Waals surface area contributed by atoms with E-state index in [9.17, 15) is 45.8 Å². The highest BCUT2D eigenvalue weighted by Gasteiger charge is 2.53. The Kier molecular flexibility index (Phi) is 12.9. The van der Waals surface area contributed by atoms with Gasteiger partial charge in [0.15, 0.2) is 0 Å². The number of amides is 2. The van der Waals surface area contributed by atoms with Gasteiger partial charge in [0, 0.05) is 10.0 Å². The van der Waals surface area contributed by atoms with Crippen molar-refractivity contribution in [2.75, 3.05) is 6.61 Å². The normalized spacial score (nSPS) is 24.7. The number of benzene rings is 2. The number of rotatable bonds is 6. The summed E-state index contributed by atoms with van der Waals surface area (Å²) in [5, 5.41) is 17.3. The van der Waals surface area contributed by atoms with Crippen molar-refractivity contribution in [3.63, 3.8) is 0 Å². The van der Waals surface area contributed by atoms with E-state index < -0.39 is 53.0 Å².